The number of hydrogen-bond donors (Lipinski definition) is 1. The van der Waals surface area contributed by atoms with Crippen LogP contribution in [0, 0.1) is 0 Å². The third kappa shape index (κ3) is 3.69. The van der Waals surface area contributed by atoms with E-state index in [1.807, 2.05) is 0 Å². The summed E-state index contributed by atoms with van der Waals surface area (Å²) in [6.45, 7) is 1.02. The Labute approximate surface area is 106 Å². The molecule has 0 spiro atoms. The highest BCUT2D eigenvalue weighted by atomic mass is 32.2. The second-order valence-electron chi connectivity index (χ2n) is 4.14. The van der Waals surface area contributed by atoms with Crippen LogP contribution in [0.5, 0.6) is 5.75 Å². The smallest absolute Gasteiger partial charge is 0.178 e. The van der Waals surface area contributed by atoms with E-state index in [4.69, 9.17) is 14.6 Å². The van der Waals surface area contributed by atoms with Crippen LogP contribution >= 0.6 is 0 Å². The minimum absolute atomic E-state index is 0.0569. The first-order valence-electron chi connectivity index (χ1n) is 5.80. The maximum absolute atomic E-state index is 11.9. The number of sulfone groups is 1. The van der Waals surface area contributed by atoms with Crippen molar-refractivity contribution in [3.05, 3.63) is 24.3 Å². The fraction of sp³-hybridized carbons (Fsp3) is 0.500. The summed E-state index contributed by atoms with van der Waals surface area (Å²) in [4.78, 5) is 0.227. The Morgan fingerprint density at radius 2 is 2.22 bits per heavy atom. The summed E-state index contributed by atoms with van der Waals surface area (Å²) in [5.74, 6) is 0.467. The molecule has 1 heterocycles. The largest absolute Gasteiger partial charge is 0.491 e. The number of rotatable bonds is 7. The highest BCUT2D eigenvalue weighted by Gasteiger charge is 2.23. The summed E-state index contributed by atoms with van der Waals surface area (Å²) >= 11 is 0. The number of epoxide rings is 1. The summed E-state index contributed by atoms with van der Waals surface area (Å²) in [5.41, 5.74) is 0. The van der Waals surface area contributed by atoms with E-state index >= 15 is 0 Å². The fourth-order valence-corrected chi connectivity index (χ4v) is 2.81. The predicted octanol–water partition coefficient (Wildman–Crippen LogP) is 0.620. The van der Waals surface area contributed by atoms with E-state index < -0.39 is 9.84 Å². The maximum atomic E-state index is 11.9. The molecule has 0 amide bonds. The number of aliphatic hydroxyl groups is 1. The van der Waals surface area contributed by atoms with E-state index in [0.29, 0.717) is 19.0 Å². The predicted molar refractivity (Wildman–Crippen MR) is 65.4 cm³/mol. The lowest BCUT2D eigenvalue weighted by Crippen LogP contribution is -2.09. The minimum atomic E-state index is -3.34. The summed E-state index contributed by atoms with van der Waals surface area (Å²) < 4.78 is 34.2. The van der Waals surface area contributed by atoms with Crippen molar-refractivity contribution in [1.82, 2.24) is 0 Å². The van der Waals surface area contributed by atoms with Gasteiger partial charge in [-0.1, -0.05) is 6.07 Å². The van der Waals surface area contributed by atoms with Gasteiger partial charge in [0, 0.05) is 6.61 Å². The molecule has 1 aromatic rings. The Bertz CT molecular complexity index is 493. The Balaban J connectivity index is 2.05. The first-order chi connectivity index (χ1) is 8.62. The third-order valence-corrected chi connectivity index (χ3v) is 4.37. The molecule has 6 heteroatoms. The van der Waals surface area contributed by atoms with Gasteiger partial charge in [-0.15, -0.1) is 0 Å². The molecule has 1 saturated heterocycles. The summed E-state index contributed by atoms with van der Waals surface area (Å²) in [6.07, 6.45) is 0.378. The fourth-order valence-electron chi connectivity index (χ4n) is 1.48. The normalized spacial score (nSPS) is 18.6. The molecule has 2 rings (SSSR count). The molecule has 0 saturated carbocycles. The van der Waals surface area contributed by atoms with Crippen LogP contribution < -0.4 is 4.74 Å². The molecular formula is C12H16O5S. The Morgan fingerprint density at radius 1 is 1.44 bits per heavy atom. The van der Waals surface area contributed by atoms with Crippen molar-refractivity contribution >= 4 is 9.84 Å². The lowest BCUT2D eigenvalue weighted by molar-refractivity contribution is 0.262. The van der Waals surface area contributed by atoms with Gasteiger partial charge in [0.2, 0.25) is 0 Å². The van der Waals surface area contributed by atoms with Gasteiger partial charge >= 0.3 is 0 Å². The zero-order chi connectivity index (χ0) is 13.0. The van der Waals surface area contributed by atoms with Gasteiger partial charge < -0.3 is 14.6 Å². The van der Waals surface area contributed by atoms with Gasteiger partial charge in [-0.3, -0.25) is 0 Å². The van der Waals surface area contributed by atoms with Crippen LogP contribution in [0.4, 0.5) is 0 Å². The summed E-state index contributed by atoms with van der Waals surface area (Å²) in [7, 11) is -3.34. The zero-order valence-corrected chi connectivity index (χ0v) is 10.7. The molecule has 1 N–H and O–H groups in total. The lowest BCUT2D eigenvalue weighted by Gasteiger charge is -2.07. The number of benzene rings is 1. The molecule has 100 valence electrons. The van der Waals surface area contributed by atoms with Crippen LogP contribution in [0.15, 0.2) is 29.2 Å². The molecule has 1 aliphatic heterocycles. The van der Waals surface area contributed by atoms with E-state index in [1.54, 1.807) is 12.1 Å². The molecule has 18 heavy (non-hydrogen) atoms. The lowest BCUT2D eigenvalue weighted by atomic mass is 10.3. The van der Waals surface area contributed by atoms with E-state index in [9.17, 15) is 8.42 Å². The number of hydrogen-bond acceptors (Lipinski definition) is 5. The first-order valence-corrected chi connectivity index (χ1v) is 7.45. The molecular weight excluding hydrogens is 256 g/mol. The van der Waals surface area contributed by atoms with E-state index in [2.05, 4.69) is 0 Å². The summed E-state index contributed by atoms with van der Waals surface area (Å²) in [6, 6.07) is 6.41. The highest BCUT2D eigenvalue weighted by Crippen LogP contribution is 2.20. The molecule has 0 bridgehead atoms. The van der Waals surface area contributed by atoms with Crippen LogP contribution in [0.2, 0.25) is 0 Å². The van der Waals surface area contributed by atoms with Crippen LogP contribution in [0.1, 0.15) is 6.42 Å². The maximum Gasteiger partial charge on any atom is 0.178 e. The van der Waals surface area contributed by atoms with Crippen molar-refractivity contribution in [2.45, 2.75) is 17.4 Å². The third-order valence-electron chi connectivity index (χ3n) is 2.57. The Kier molecular flexibility index (Phi) is 4.21. The minimum Gasteiger partial charge on any atom is -0.491 e. The van der Waals surface area contributed by atoms with Gasteiger partial charge in [0.05, 0.1) is 17.3 Å². The topological polar surface area (TPSA) is 76.1 Å². The molecule has 0 radical (unpaired) electrons. The molecule has 0 aromatic heterocycles. The van der Waals surface area contributed by atoms with Gasteiger partial charge in [0.1, 0.15) is 18.5 Å². The van der Waals surface area contributed by atoms with Crippen LogP contribution in [-0.4, -0.2) is 45.2 Å². The van der Waals surface area contributed by atoms with E-state index in [0.717, 1.165) is 0 Å². The van der Waals surface area contributed by atoms with Crippen LogP contribution in [0.3, 0.4) is 0 Å². The molecule has 1 aliphatic rings. The van der Waals surface area contributed by atoms with Gasteiger partial charge in [-0.2, -0.15) is 0 Å². The molecule has 0 aliphatic carbocycles. The molecule has 1 fully saturated rings. The molecule has 1 atom stereocenters. The number of ether oxygens (including phenoxy) is 2. The van der Waals surface area contributed by atoms with Gasteiger partial charge in [-0.05, 0) is 24.6 Å². The Hall–Kier alpha value is -1.11. The van der Waals surface area contributed by atoms with Crippen molar-refractivity contribution in [3.8, 4) is 5.75 Å². The first kappa shape index (κ1) is 13.3. The SMILES string of the molecule is O=S(=O)(CCCO)c1cccc(OCC2CO2)c1. The van der Waals surface area contributed by atoms with Gasteiger partial charge in [0.15, 0.2) is 9.84 Å². The second kappa shape index (κ2) is 5.69. The quantitative estimate of drug-likeness (QED) is 0.736. The van der Waals surface area contributed by atoms with Crippen LogP contribution in [-0.2, 0) is 14.6 Å². The molecule has 1 unspecified atom stereocenters. The second-order valence-corrected chi connectivity index (χ2v) is 6.25. The van der Waals surface area contributed by atoms with Gasteiger partial charge in [0.25, 0.3) is 0 Å². The van der Waals surface area contributed by atoms with E-state index in [-0.39, 0.29) is 29.8 Å². The monoisotopic (exact) mass is 272 g/mol. The summed E-state index contributed by atoms with van der Waals surface area (Å²) in [5, 5.41) is 8.68. The zero-order valence-electron chi connectivity index (χ0n) is 9.91. The van der Waals surface area contributed by atoms with Crippen molar-refractivity contribution in [2.75, 3.05) is 25.6 Å². The molecule has 5 nitrogen and oxygen atoms in total. The highest BCUT2D eigenvalue weighted by molar-refractivity contribution is 7.91. The molecule has 1 aromatic carbocycles. The Morgan fingerprint density at radius 3 is 2.89 bits per heavy atom. The van der Waals surface area contributed by atoms with Crippen molar-refractivity contribution < 1.29 is 23.0 Å². The van der Waals surface area contributed by atoms with Gasteiger partial charge in [-0.25, -0.2) is 8.42 Å². The average molecular weight is 272 g/mol. The van der Waals surface area contributed by atoms with Crippen molar-refractivity contribution in [3.63, 3.8) is 0 Å². The van der Waals surface area contributed by atoms with Crippen molar-refractivity contribution in [1.29, 1.82) is 0 Å². The van der Waals surface area contributed by atoms with Crippen LogP contribution in [0.25, 0.3) is 0 Å². The standard InChI is InChI=1S/C12H16O5S/c13-5-2-6-18(14,15)12-4-1-3-10(7-12)16-8-11-9-17-11/h1,3-4,7,11,13H,2,5-6,8-9H2. The average Bonchev–Trinajstić information content (AvgIpc) is 3.18. The van der Waals surface area contributed by atoms with Crippen molar-refractivity contribution in [2.24, 2.45) is 0 Å². The number of aliphatic hydroxyl groups excluding tert-OH is 1. The van der Waals surface area contributed by atoms with E-state index in [1.165, 1.54) is 12.1 Å².